The number of nitrogens with zero attached hydrogens (tertiary/aromatic N) is 1. The zero-order valence-corrected chi connectivity index (χ0v) is 12.9. The number of piperidine rings is 1. The second-order valence-electron chi connectivity index (χ2n) is 5.95. The van der Waals surface area contributed by atoms with Gasteiger partial charge in [0.1, 0.15) is 0 Å². The number of hydrogen-bond acceptors (Lipinski definition) is 2. The van der Waals surface area contributed by atoms with Crippen molar-refractivity contribution in [3.8, 4) is 0 Å². The van der Waals surface area contributed by atoms with Gasteiger partial charge in [0.15, 0.2) is 0 Å². The summed E-state index contributed by atoms with van der Waals surface area (Å²) in [6, 6.07) is 0. The first kappa shape index (κ1) is 16.0. The van der Waals surface area contributed by atoms with Crippen molar-refractivity contribution in [3.05, 3.63) is 0 Å². The summed E-state index contributed by atoms with van der Waals surface area (Å²) in [7, 11) is 0. The van der Waals surface area contributed by atoms with Crippen LogP contribution in [0, 0.1) is 11.8 Å². The lowest BCUT2D eigenvalue weighted by molar-refractivity contribution is 0.188. The number of hydrogen-bond donors (Lipinski definition) is 1. The fourth-order valence-corrected chi connectivity index (χ4v) is 2.94. The first-order valence-electron chi connectivity index (χ1n) is 8.23. The summed E-state index contributed by atoms with van der Waals surface area (Å²) in [5, 5.41) is 3.73. The molecule has 1 N–H and O–H groups in total. The Morgan fingerprint density at radius 3 is 2.44 bits per heavy atom. The molecule has 1 fully saturated rings. The van der Waals surface area contributed by atoms with Crippen LogP contribution < -0.4 is 5.32 Å². The molecule has 0 saturated carbocycles. The molecular formula is C16H34N2. The summed E-state index contributed by atoms with van der Waals surface area (Å²) in [4.78, 5) is 2.58. The molecule has 1 aliphatic rings. The van der Waals surface area contributed by atoms with E-state index < -0.39 is 0 Å². The minimum absolute atomic E-state index is 0.903. The maximum Gasteiger partial charge on any atom is -0.00157 e. The summed E-state index contributed by atoms with van der Waals surface area (Å²) in [6.07, 6.45) is 8.27. The summed E-state index contributed by atoms with van der Waals surface area (Å²) in [5.41, 5.74) is 0. The van der Waals surface area contributed by atoms with E-state index in [9.17, 15) is 0 Å². The van der Waals surface area contributed by atoms with Crippen molar-refractivity contribution in [3.63, 3.8) is 0 Å². The van der Waals surface area contributed by atoms with Crippen LogP contribution in [0.3, 0.4) is 0 Å². The molecule has 0 aromatic rings. The Morgan fingerprint density at radius 1 is 1.17 bits per heavy atom. The van der Waals surface area contributed by atoms with Gasteiger partial charge in [-0.25, -0.2) is 0 Å². The third kappa shape index (κ3) is 6.19. The second kappa shape index (κ2) is 9.80. The van der Waals surface area contributed by atoms with Crippen LogP contribution in [0.5, 0.6) is 0 Å². The molecule has 1 heterocycles. The number of rotatable bonds is 9. The molecule has 0 radical (unpaired) electrons. The van der Waals surface area contributed by atoms with E-state index in [1.165, 1.54) is 71.2 Å². The lowest BCUT2D eigenvalue weighted by Gasteiger charge is -2.31. The molecule has 18 heavy (non-hydrogen) atoms. The number of nitrogens with one attached hydrogen (secondary N) is 1. The van der Waals surface area contributed by atoms with Crippen LogP contribution in [-0.2, 0) is 0 Å². The van der Waals surface area contributed by atoms with Gasteiger partial charge in [0, 0.05) is 0 Å². The second-order valence-corrected chi connectivity index (χ2v) is 5.95. The average molecular weight is 254 g/mol. The first-order chi connectivity index (χ1) is 8.80. The van der Waals surface area contributed by atoms with E-state index in [4.69, 9.17) is 0 Å². The predicted molar refractivity (Wildman–Crippen MR) is 81.0 cm³/mol. The SMILES string of the molecule is CCCCC(CC)CNCC1CCN(CC)CC1. The molecular weight excluding hydrogens is 220 g/mol. The van der Waals surface area contributed by atoms with E-state index in [1.54, 1.807) is 0 Å². The smallest absolute Gasteiger partial charge is 0.00157 e. The van der Waals surface area contributed by atoms with E-state index in [-0.39, 0.29) is 0 Å². The summed E-state index contributed by atoms with van der Waals surface area (Å²) in [6.45, 7) is 13.3. The highest BCUT2D eigenvalue weighted by molar-refractivity contribution is 4.73. The van der Waals surface area contributed by atoms with E-state index in [0.717, 1.165) is 11.8 Å². The molecule has 0 aliphatic carbocycles. The summed E-state index contributed by atoms with van der Waals surface area (Å²) >= 11 is 0. The topological polar surface area (TPSA) is 15.3 Å². The van der Waals surface area contributed by atoms with Gasteiger partial charge in [-0.05, 0) is 63.8 Å². The van der Waals surface area contributed by atoms with Gasteiger partial charge in [-0.15, -0.1) is 0 Å². The van der Waals surface area contributed by atoms with Crippen LogP contribution in [-0.4, -0.2) is 37.6 Å². The quantitative estimate of drug-likeness (QED) is 0.677. The van der Waals surface area contributed by atoms with Crippen LogP contribution in [0.4, 0.5) is 0 Å². The first-order valence-corrected chi connectivity index (χ1v) is 8.23. The monoisotopic (exact) mass is 254 g/mol. The normalized spacial score (nSPS) is 20.2. The average Bonchev–Trinajstić information content (AvgIpc) is 2.43. The molecule has 0 aromatic heterocycles. The van der Waals surface area contributed by atoms with Gasteiger partial charge in [0.05, 0.1) is 0 Å². The van der Waals surface area contributed by atoms with Crippen molar-refractivity contribution in [2.24, 2.45) is 11.8 Å². The van der Waals surface area contributed by atoms with Crippen molar-refractivity contribution in [1.29, 1.82) is 0 Å². The van der Waals surface area contributed by atoms with Gasteiger partial charge in [0.25, 0.3) is 0 Å². The maximum absolute atomic E-state index is 3.73. The standard InChI is InChI=1S/C16H34N2/c1-4-7-8-15(5-2)13-17-14-16-9-11-18(6-3)12-10-16/h15-17H,4-14H2,1-3H3. The molecule has 108 valence electrons. The van der Waals surface area contributed by atoms with Gasteiger partial charge in [0.2, 0.25) is 0 Å². The Kier molecular flexibility index (Phi) is 8.70. The van der Waals surface area contributed by atoms with Crippen LogP contribution in [0.15, 0.2) is 0 Å². The van der Waals surface area contributed by atoms with E-state index in [2.05, 4.69) is 31.0 Å². The third-order valence-electron chi connectivity index (χ3n) is 4.56. The van der Waals surface area contributed by atoms with Gasteiger partial charge in [-0.3, -0.25) is 0 Å². The van der Waals surface area contributed by atoms with Crippen LogP contribution in [0.25, 0.3) is 0 Å². The number of unbranched alkanes of at least 4 members (excludes halogenated alkanes) is 1. The Hall–Kier alpha value is -0.0800. The Balaban J connectivity index is 2.06. The van der Waals surface area contributed by atoms with Crippen LogP contribution >= 0.6 is 0 Å². The van der Waals surface area contributed by atoms with Crippen molar-refractivity contribution in [2.45, 2.75) is 59.3 Å². The molecule has 1 atom stereocenters. The summed E-state index contributed by atoms with van der Waals surface area (Å²) < 4.78 is 0. The van der Waals surface area contributed by atoms with E-state index in [0.29, 0.717) is 0 Å². The van der Waals surface area contributed by atoms with Crippen molar-refractivity contribution in [1.82, 2.24) is 10.2 Å². The largest absolute Gasteiger partial charge is 0.316 e. The van der Waals surface area contributed by atoms with Crippen molar-refractivity contribution >= 4 is 0 Å². The molecule has 2 nitrogen and oxygen atoms in total. The fraction of sp³-hybridized carbons (Fsp3) is 1.00. The Labute approximate surface area is 115 Å². The highest BCUT2D eigenvalue weighted by Crippen LogP contribution is 2.16. The minimum Gasteiger partial charge on any atom is -0.316 e. The molecule has 0 aromatic carbocycles. The molecule has 1 rings (SSSR count). The Morgan fingerprint density at radius 2 is 1.89 bits per heavy atom. The van der Waals surface area contributed by atoms with Gasteiger partial charge in [-0.2, -0.15) is 0 Å². The van der Waals surface area contributed by atoms with Gasteiger partial charge in [-0.1, -0.05) is 40.0 Å². The maximum atomic E-state index is 3.73. The molecule has 0 bridgehead atoms. The van der Waals surface area contributed by atoms with Gasteiger partial charge >= 0.3 is 0 Å². The van der Waals surface area contributed by atoms with Gasteiger partial charge < -0.3 is 10.2 Å². The lowest BCUT2D eigenvalue weighted by Crippen LogP contribution is -2.38. The van der Waals surface area contributed by atoms with Crippen LogP contribution in [0.1, 0.15) is 59.3 Å². The predicted octanol–water partition coefficient (Wildman–Crippen LogP) is 3.52. The minimum atomic E-state index is 0.903. The van der Waals surface area contributed by atoms with Crippen molar-refractivity contribution in [2.75, 3.05) is 32.7 Å². The zero-order chi connectivity index (χ0) is 13.2. The molecule has 0 amide bonds. The van der Waals surface area contributed by atoms with Crippen LogP contribution in [0.2, 0.25) is 0 Å². The lowest BCUT2D eigenvalue weighted by atomic mass is 9.95. The molecule has 2 heteroatoms. The zero-order valence-electron chi connectivity index (χ0n) is 12.9. The molecule has 1 unspecified atom stereocenters. The van der Waals surface area contributed by atoms with Crippen molar-refractivity contribution < 1.29 is 0 Å². The Bertz CT molecular complexity index is 186. The molecule has 1 aliphatic heterocycles. The fourth-order valence-electron chi connectivity index (χ4n) is 2.94. The highest BCUT2D eigenvalue weighted by Gasteiger charge is 2.17. The third-order valence-corrected chi connectivity index (χ3v) is 4.56. The van der Waals surface area contributed by atoms with E-state index in [1.807, 2.05) is 0 Å². The molecule has 1 saturated heterocycles. The molecule has 0 spiro atoms. The highest BCUT2D eigenvalue weighted by atomic mass is 15.1. The summed E-state index contributed by atoms with van der Waals surface area (Å²) in [5.74, 6) is 1.83. The van der Waals surface area contributed by atoms with E-state index >= 15 is 0 Å². The number of likely N-dealkylation sites (tertiary alicyclic amines) is 1.